The Labute approximate surface area is 162 Å². The first-order valence-electron chi connectivity index (χ1n) is 9.60. The molecule has 2 N–H and O–H groups in total. The van der Waals surface area contributed by atoms with Crippen molar-refractivity contribution in [2.75, 3.05) is 29.9 Å². The predicted molar refractivity (Wildman–Crippen MR) is 112 cm³/mol. The van der Waals surface area contributed by atoms with Gasteiger partial charge in [-0.15, -0.1) is 0 Å². The van der Waals surface area contributed by atoms with Crippen molar-refractivity contribution >= 4 is 23.1 Å². The summed E-state index contributed by atoms with van der Waals surface area (Å²) >= 11 is 0. The first-order chi connectivity index (χ1) is 12.8. The Morgan fingerprint density at radius 1 is 1.11 bits per heavy atom. The van der Waals surface area contributed by atoms with E-state index in [9.17, 15) is 4.79 Å². The first-order valence-corrected chi connectivity index (χ1v) is 9.60. The number of nitrogens with one attached hydrogen (secondary N) is 2. The van der Waals surface area contributed by atoms with Crippen molar-refractivity contribution in [3.63, 3.8) is 0 Å². The molecule has 0 fully saturated rings. The number of aryl methyl sites for hydroxylation is 2. The molecule has 1 amide bonds. The second kappa shape index (κ2) is 9.35. The second-order valence-electron chi connectivity index (χ2n) is 7.09. The molecule has 0 unspecified atom stereocenters. The highest BCUT2D eigenvalue weighted by Crippen LogP contribution is 2.25. The second-order valence-corrected chi connectivity index (χ2v) is 7.09. The van der Waals surface area contributed by atoms with Crippen LogP contribution in [0.1, 0.15) is 49.6 Å². The molecular formula is C21H31N5O. The van der Waals surface area contributed by atoms with E-state index in [2.05, 4.69) is 78.3 Å². The largest absolute Gasteiger partial charge is 0.372 e. The smallest absolute Gasteiger partial charge is 0.270 e. The molecular weight excluding hydrogens is 338 g/mol. The van der Waals surface area contributed by atoms with Crippen LogP contribution in [0.15, 0.2) is 24.3 Å². The Morgan fingerprint density at radius 2 is 1.81 bits per heavy atom. The third-order valence-electron chi connectivity index (χ3n) is 4.34. The lowest BCUT2D eigenvalue weighted by Gasteiger charge is -2.22. The van der Waals surface area contributed by atoms with Gasteiger partial charge in [0.1, 0.15) is 17.3 Å². The van der Waals surface area contributed by atoms with Crippen molar-refractivity contribution in [1.82, 2.24) is 15.3 Å². The minimum absolute atomic E-state index is 0.175. The van der Waals surface area contributed by atoms with Gasteiger partial charge in [-0.25, -0.2) is 9.97 Å². The van der Waals surface area contributed by atoms with Gasteiger partial charge in [0.15, 0.2) is 0 Å². The number of rotatable bonds is 8. The monoisotopic (exact) mass is 369 g/mol. The molecule has 146 valence electrons. The van der Waals surface area contributed by atoms with Gasteiger partial charge in [-0.2, -0.15) is 0 Å². The van der Waals surface area contributed by atoms with E-state index in [1.807, 2.05) is 0 Å². The van der Waals surface area contributed by atoms with Gasteiger partial charge in [0.05, 0.1) is 0 Å². The standard InChI is InChI=1S/C21H31N5O/c1-7-26(8-2)17-9-10-18(15(5)11-17)25-20-12-19(23-16(6)24-20)21(27)22-13-14(3)4/h9-12,14H,7-8,13H2,1-6H3,(H,22,27)(H,23,24,25). The van der Waals surface area contributed by atoms with Crippen LogP contribution in [0.5, 0.6) is 0 Å². The van der Waals surface area contributed by atoms with Crippen molar-refractivity contribution in [2.45, 2.75) is 41.5 Å². The van der Waals surface area contributed by atoms with E-state index in [-0.39, 0.29) is 5.91 Å². The molecule has 0 bridgehead atoms. The van der Waals surface area contributed by atoms with E-state index < -0.39 is 0 Å². The van der Waals surface area contributed by atoms with Crippen LogP contribution in [0.25, 0.3) is 0 Å². The summed E-state index contributed by atoms with van der Waals surface area (Å²) in [5, 5.41) is 6.22. The molecule has 0 saturated carbocycles. The quantitative estimate of drug-likeness (QED) is 0.734. The van der Waals surface area contributed by atoms with Crippen molar-refractivity contribution in [3.8, 4) is 0 Å². The Morgan fingerprint density at radius 3 is 2.41 bits per heavy atom. The van der Waals surface area contributed by atoms with Crippen LogP contribution < -0.4 is 15.5 Å². The lowest BCUT2D eigenvalue weighted by Crippen LogP contribution is -2.28. The van der Waals surface area contributed by atoms with Crippen LogP contribution in [0, 0.1) is 19.8 Å². The number of anilines is 3. The van der Waals surface area contributed by atoms with Crippen molar-refractivity contribution in [3.05, 3.63) is 41.3 Å². The lowest BCUT2D eigenvalue weighted by atomic mass is 10.1. The minimum atomic E-state index is -0.175. The summed E-state index contributed by atoms with van der Waals surface area (Å²) in [6, 6.07) is 8.02. The van der Waals surface area contributed by atoms with Crippen molar-refractivity contribution in [2.24, 2.45) is 5.92 Å². The Bertz CT molecular complexity index is 784. The maximum Gasteiger partial charge on any atom is 0.270 e. The Balaban J connectivity index is 2.21. The number of hydrogen-bond donors (Lipinski definition) is 2. The van der Waals surface area contributed by atoms with E-state index in [0.29, 0.717) is 29.8 Å². The topological polar surface area (TPSA) is 70.2 Å². The third-order valence-corrected chi connectivity index (χ3v) is 4.34. The van der Waals surface area contributed by atoms with Crippen LogP contribution in [0.4, 0.5) is 17.2 Å². The van der Waals surface area contributed by atoms with Gasteiger partial charge in [-0.1, -0.05) is 13.8 Å². The minimum Gasteiger partial charge on any atom is -0.372 e. The maximum absolute atomic E-state index is 12.3. The first kappa shape index (κ1) is 20.7. The van der Waals surface area contributed by atoms with Crippen LogP contribution in [-0.2, 0) is 0 Å². The molecule has 1 aromatic carbocycles. The highest BCUT2D eigenvalue weighted by atomic mass is 16.1. The van der Waals surface area contributed by atoms with E-state index in [0.717, 1.165) is 24.3 Å². The van der Waals surface area contributed by atoms with Gasteiger partial charge in [-0.3, -0.25) is 4.79 Å². The van der Waals surface area contributed by atoms with Gasteiger partial charge in [0.25, 0.3) is 5.91 Å². The Hall–Kier alpha value is -2.63. The van der Waals surface area contributed by atoms with E-state index in [1.165, 1.54) is 5.69 Å². The van der Waals surface area contributed by atoms with Crippen LogP contribution in [0.3, 0.4) is 0 Å². The zero-order valence-corrected chi connectivity index (χ0v) is 17.3. The molecule has 0 spiro atoms. The molecule has 0 atom stereocenters. The number of benzene rings is 1. The zero-order chi connectivity index (χ0) is 20.0. The number of carbonyl (C=O) groups is 1. The summed E-state index contributed by atoms with van der Waals surface area (Å²) in [5.74, 6) is 1.40. The van der Waals surface area contributed by atoms with E-state index >= 15 is 0 Å². The number of hydrogen-bond acceptors (Lipinski definition) is 5. The lowest BCUT2D eigenvalue weighted by molar-refractivity contribution is 0.0943. The molecule has 27 heavy (non-hydrogen) atoms. The van der Waals surface area contributed by atoms with E-state index in [1.54, 1.807) is 13.0 Å². The molecule has 2 rings (SSSR count). The molecule has 0 radical (unpaired) electrons. The molecule has 0 aliphatic heterocycles. The van der Waals surface area contributed by atoms with Gasteiger partial charge in [-0.05, 0) is 57.4 Å². The molecule has 1 aromatic heterocycles. The summed E-state index contributed by atoms with van der Waals surface area (Å²) in [7, 11) is 0. The summed E-state index contributed by atoms with van der Waals surface area (Å²) in [5.41, 5.74) is 3.68. The van der Waals surface area contributed by atoms with Gasteiger partial charge in [0.2, 0.25) is 0 Å². The summed E-state index contributed by atoms with van der Waals surface area (Å²) in [6.45, 7) is 14.9. The fourth-order valence-electron chi connectivity index (χ4n) is 2.85. The summed E-state index contributed by atoms with van der Waals surface area (Å²) < 4.78 is 0. The van der Waals surface area contributed by atoms with Crippen molar-refractivity contribution in [1.29, 1.82) is 0 Å². The summed E-state index contributed by atoms with van der Waals surface area (Å²) in [4.78, 5) is 23.3. The third kappa shape index (κ3) is 5.67. The molecule has 1 heterocycles. The molecule has 6 heteroatoms. The predicted octanol–water partition coefficient (Wildman–Crippen LogP) is 4.07. The molecule has 0 saturated heterocycles. The van der Waals surface area contributed by atoms with Gasteiger partial charge >= 0.3 is 0 Å². The molecule has 0 aliphatic rings. The fraction of sp³-hybridized carbons (Fsp3) is 0.476. The fourth-order valence-corrected chi connectivity index (χ4v) is 2.85. The molecule has 6 nitrogen and oxygen atoms in total. The normalized spacial score (nSPS) is 10.8. The number of aromatic nitrogens is 2. The van der Waals surface area contributed by atoms with Gasteiger partial charge in [0, 0.05) is 37.1 Å². The average molecular weight is 370 g/mol. The van der Waals surface area contributed by atoms with Crippen molar-refractivity contribution < 1.29 is 4.79 Å². The summed E-state index contributed by atoms with van der Waals surface area (Å²) in [6.07, 6.45) is 0. The number of nitrogens with zero attached hydrogens (tertiary/aromatic N) is 3. The molecule has 2 aromatic rings. The zero-order valence-electron chi connectivity index (χ0n) is 17.3. The maximum atomic E-state index is 12.3. The highest BCUT2D eigenvalue weighted by Gasteiger charge is 2.12. The highest BCUT2D eigenvalue weighted by molar-refractivity contribution is 5.93. The van der Waals surface area contributed by atoms with E-state index in [4.69, 9.17) is 0 Å². The SMILES string of the molecule is CCN(CC)c1ccc(Nc2cc(C(=O)NCC(C)C)nc(C)n2)c(C)c1. The van der Waals surface area contributed by atoms with Gasteiger partial charge < -0.3 is 15.5 Å². The molecule has 0 aliphatic carbocycles. The average Bonchev–Trinajstić information content (AvgIpc) is 2.62. The van der Waals surface area contributed by atoms with Crippen LogP contribution >= 0.6 is 0 Å². The Kier molecular flexibility index (Phi) is 7.16. The number of amides is 1. The van der Waals surface area contributed by atoms with Crippen LogP contribution in [-0.4, -0.2) is 35.5 Å². The number of carbonyl (C=O) groups excluding carboxylic acids is 1. The van der Waals surface area contributed by atoms with Crippen LogP contribution in [0.2, 0.25) is 0 Å².